The molecular weight excluding hydrogens is 614 g/mol. The van der Waals surface area contributed by atoms with E-state index in [4.69, 9.17) is 5.10 Å². The fourth-order valence-corrected chi connectivity index (χ4v) is 6.75. The zero-order valence-electron chi connectivity index (χ0n) is 27.7. The van der Waals surface area contributed by atoms with Crippen LogP contribution in [0.25, 0.3) is 5.69 Å². The Morgan fingerprint density at radius 1 is 0.875 bits per heavy atom. The Bertz CT molecular complexity index is 1720. The van der Waals surface area contributed by atoms with Gasteiger partial charge in [-0.1, -0.05) is 50.6 Å². The van der Waals surface area contributed by atoms with E-state index >= 15 is 0 Å². The number of benzene rings is 3. The van der Waals surface area contributed by atoms with Gasteiger partial charge in [-0.05, 0) is 99.0 Å². The van der Waals surface area contributed by atoms with Gasteiger partial charge in [-0.25, -0.2) is 14.3 Å². The number of nitrogens with zero attached hydrogens (tertiary/aromatic N) is 3. The van der Waals surface area contributed by atoms with Crippen molar-refractivity contribution in [2.75, 3.05) is 16.0 Å². The molecule has 3 heterocycles. The van der Waals surface area contributed by atoms with Crippen LogP contribution in [0.15, 0.2) is 78.9 Å². The Hall–Kier alpha value is -4.93. The lowest BCUT2D eigenvalue weighted by molar-refractivity contribution is -0.0498. The average Bonchev–Trinajstić information content (AvgIpc) is 3.57. The van der Waals surface area contributed by atoms with E-state index in [0.29, 0.717) is 23.1 Å². The summed E-state index contributed by atoms with van der Waals surface area (Å²) in [6.45, 7) is 5.41. The number of alkyl halides is 2. The number of halogens is 2. The lowest BCUT2D eigenvalue weighted by Crippen LogP contribution is -2.48. The standard InChI is InChI=1S/C37H42F2N6O3/c1-23-5-13-28(14-6-23)45-33(22-32(43-45)37(2,3)4)42-35(46)40-26-9-7-24(8-10-26)19-25-20-29-15-16-30(21-25)44(29)36(47)41-27-11-17-31(18-12-27)48-34(38)39/h5-14,17-18,22,25,29-30,34H,15-16,19-21H2,1-4H3,(H,41,47)(H2,40,42,46). The molecule has 0 aliphatic carbocycles. The summed E-state index contributed by atoms with van der Waals surface area (Å²) in [5.74, 6) is 1.08. The smallest absolute Gasteiger partial charge is 0.387 e. The molecule has 11 heteroatoms. The van der Waals surface area contributed by atoms with Gasteiger partial charge in [0.2, 0.25) is 0 Å². The summed E-state index contributed by atoms with van der Waals surface area (Å²) in [6, 6.07) is 23.6. The highest BCUT2D eigenvalue weighted by Gasteiger charge is 2.43. The van der Waals surface area contributed by atoms with E-state index in [1.165, 1.54) is 17.7 Å². The zero-order valence-corrected chi connectivity index (χ0v) is 27.7. The molecule has 3 aromatic carbocycles. The number of fused-ring (bicyclic) bond motifs is 2. The molecule has 2 unspecified atom stereocenters. The molecule has 252 valence electrons. The molecule has 2 aliphatic rings. The van der Waals surface area contributed by atoms with E-state index in [9.17, 15) is 18.4 Å². The quantitative estimate of drug-likeness (QED) is 0.177. The lowest BCUT2D eigenvalue weighted by atomic mass is 9.86. The largest absolute Gasteiger partial charge is 0.435 e. The van der Waals surface area contributed by atoms with Crippen LogP contribution in [-0.2, 0) is 11.8 Å². The summed E-state index contributed by atoms with van der Waals surface area (Å²) < 4.78 is 31.0. The average molecular weight is 657 g/mol. The van der Waals surface area contributed by atoms with Crippen LogP contribution in [0, 0.1) is 12.8 Å². The predicted octanol–water partition coefficient (Wildman–Crippen LogP) is 8.74. The van der Waals surface area contributed by atoms with Crippen LogP contribution in [0.1, 0.15) is 63.3 Å². The van der Waals surface area contributed by atoms with Crippen LogP contribution in [0.4, 0.5) is 35.6 Å². The Morgan fingerprint density at radius 2 is 1.48 bits per heavy atom. The monoisotopic (exact) mass is 656 g/mol. The molecule has 4 aromatic rings. The maximum atomic E-state index is 13.2. The van der Waals surface area contributed by atoms with E-state index in [0.717, 1.165) is 49.0 Å². The fourth-order valence-electron chi connectivity index (χ4n) is 6.75. The number of aromatic nitrogens is 2. The van der Waals surface area contributed by atoms with Gasteiger partial charge in [0.15, 0.2) is 0 Å². The van der Waals surface area contributed by atoms with Gasteiger partial charge < -0.3 is 20.3 Å². The van der Waals surface area contributed by atoms with Crippen molar-refractivity contribution in [3.8, 4) is 11.4 Å². The summed E-state index contributed by atoms with van der Waals surface area (Å²) in [4.78, 5) is 28.2. The number of hydrogen-bond donors (Lipinski definition) is 3. The first-order valence-corrected chi connectivity index (χ1v) is 16.4. The Kier molecular flexibility index (Phi) is 9.39. The van der Waals surface area contributed by atoms with Crippen molar-refractivity contribution in [3.05, 3.63) is 95.7 Å². The number of piperidine rings is 1. The second-order valence-corrected chi connectivity index (χ2v) is 13.9. The first-order chi connectivity index (χ1) is 22.9. The first-order valence-electron chi connectivity index (χ1n) is 16.4. The number of urea groups is 2. The normalized spacial score (nSPS) is 18.9. The van der Waals surface area contributed by atoms with Gasteiger partial charge in [0, 0.05) is 34.9 Å². The van der Waals surface area contributed by atoms with E-state index < -0.39 is 6.61 Å². The molecule has 4 amide bonds. The third-order valence-electron chi connectivity index (χ3n) is 9.13. The molecule has 9 nitrogen and oxygen atoms in total. The minimum absolute atomic E-state index is 0.0488. The number of hydrogen-bond acceptors (Lipinski definition) is 4. The molecule has 0 spiro atoms. The Labute approximate surface area is 279 Å². The second-order valence-electron chi connectivity index (χ2n) is 13.9. The van der Waals surface area contributed by atoms with Crippen molar-refractivity contribution >= 4 is 29.3 Å². The minimum atomic E-state index is -2.89. The number of nitrogens with one attached hydrogen (secondary N) is 3. The third kappa shape index (κ3) is 7.78. The molecule has 6 rings (SSSR count). The molecular formula is C37H42F2N6O3. The Balaban J connectivity index is 1.03. The molecule has 2 saturated heterocycles. The van der Waals surface area contributed by atoms with E-state index in [-0.39, 0.29) is 35.3 Å². The highest BCUT2D eigenvalue weighted by atomic mass is 19.3. The van der Waals surface area contributed by atoms with Crippen LogP contribution in [0.3, 0.4) is 0 Å². The van der Waals surface area contributed by atoms with Gasteiger partial charge >= 0.3 is 18.7 Å². The van der Waals surface area contributed by atoms with Crippen LogP contribution in [0.2, 0.25) is 0 Å². The SMILES string of the molecule is Cc1ccc(-n2nc(C(C)(C)C)cc2NC(=O)Nc2ccc(CC3CC4CCC(C3)N4C(=O)Nc3ccc(OC(F)F)cc3)cc2)cc1. The van der Waals surface area contributed by atoms with Crippen LogP contribution >= 0.6 is 0 Å². The topological polar surface area (TPSA) is 101 Å². The van der Waals surface area contributed by atoms with Crippen LogP contribution in [0.5, 0.6) is 5.75 Å². The number of amides is 4. The van der Waals surface area contributed by atoms with E-state index in [1.807, 2.05) is 66.4 Å². The molecule has 1 aromatic heterocycles. The van der Waals surface area contributed by atoms with Crippen LogP contribution < -0.4 is 20.7 Å². The van der Waals surface area contributed by atoms with Gasteiger partial charge in [-0.2, -0.15) is 13.9 Å². The maximum absolute atomic E-state index is 13.2. The van der Waals surface area contributed by atoms with Crippen molar-refractivity contribution < 1.29 is 23.1 Å². The molecule has 2 aliphatic heterocycles. The molecule has 3 N–H and O–H groups in total. The van der Waals surface area contributed by atoms with Crippen molar-refractivity contribution in [1.82, 2.24) is 14.7 Å². The van der Waals surface area contributed by atoms with Gasteiger partial charge in [0.25, 0.3) is 0 Å². The molecule has 48 heavy (non-hydrogen) atoms. The molecule has 0 saturated carbocycles. The van der Waals surface area contributed by atoms with Gasteiger partial charge in [0.1, 0.15) is 11.6 Å². The number of carbonyl (C=O) groups is 2. The van der Waals surface area contributed by atoms with Crippen molar-refractivity contribution in [3.63, 3.8) is 0 Å². The van der Waals surface area contributed by atoms with E-state index in [2.05, 4.69) is 41.5 Å². The van der Waals surface area contributed by atoms with Crippen molar-refractivity contribution in [2.45, 2.75) is 83.9 Å². The molecule has 2 fully saturated rings. The number of anilines is 3. The first kappa shape index (κ1) is 33.0. The maximum Gasteiger partial charge on any atom is 0.387 e. The number of carbonyl (C=O) groups excluding carboxylic acids is 2. The number of ether oxygens (including phenoxy) is 1. The summed E-state index contributed by atoms with van der Waals surface area (Å²) in [5.41, 5.74) is 5.10. The minimum Gasteiger partial charge on any atom is -0.435 e. The number of rotatable bonds is 8. The molecule has 2 bridgehead atoms. The van der Waals surface area contributed by atoms with Crippen molar-refractivity contribution in [2.24, 2.45) is 5.92 Å². The second kappa shape index (κ2) is 13.7. The van der Waals surface area contributed by atoms with Gasteiger partial charge in [0.05, 0.1) is 11.4 Å². The van der Waals surface area contributed by atoms with Gasteiger partial charge in [-0.3, -0.25) is 5.32 Å². The molecule has 2 atom stereocenters. The summed E-state index contributed by atoms with van der Waals surface area (Å²) in [7, 11) is 0. The highest BCUT2D eigenvalue weighted by Crippen LogP contribution is 2.40. The van der Waals surface area contributed by atoms with E-state index in [1.54, 1.807) is 16.8 Å². The molecule has 0 radical (unpaired) electrons. The van der Waals surface area contributed by atoms with Crippen molar-refractivity contribution in [1.29, 1.82) is 0 Å². The zero-order chi connectivity index (χ0) is 34.0. The van der Waals surface area contributed by atoms with Crippen LogP contribution in [-0.4, -0.2) is 45.4 Å². The summed E-state index contributed by atoms with van der Waals surface area (Å²) >= 11 is 0. The summed E-state index contributed by atoms with van der Waals surface area (Å²) in [6.07, 6.45) is 4.66. The lowest BCUT2D eigenvalue weighted by Gasteiger charge is -2.39. The summed E-state index contributed by atoms with van der Waals surface area (Å²) in [5, 5.41) is 13.6. The fraction of sp³-hybridized carbons (Fsp3) is 0.378. The van der Waals surface area contributed by atoms with Gasteiger partial charge in [-0.15, -0.1) is 0 Å². The predicted molar refractivity (Wildman–Crippen MR) is 183 cm³/mol. The third-order valence-corrected chi connectivity index (χ3v) is 9.13. The Morgan fingerprint density at radius 3 is 2.08 bits per heavy atom. The number of aryl methyl sites for hydroxylation is 1. The highest BCUT2D eigenvalue weighted by molar-refractivity contribution is 5.99.